The van der Waals surface area contributed by atoms with E-state index in [0.717, 1.165) is 26.4 Å². The van der Waals surface area contributed by atoms with Gasteiger partial charge in [-0.25, -0.2) is 0 Å². The third kappa shape index (κ3) is 1.80. The molecule has 21 heavy (non-hydrogen) atoms. The summed E-state index contributed by atoms with van der Waals surface area (Å²) in [6.07, 6.45) is 0. The van der Waals surface area contributed by atoms with E-state index >= 15 is 0 Å². The third-order valence-electron chi connectivity index (χ3n) is 3.64. The van der Waals surface area contributed by atoms with E-state index in [0.29, 0.717) is 5.56 Å². The highest BCUT2D eigenvalue weighted by Gasteiger charge is 2.15. The molecule has 0 spiro atoms. The Bertz CT molecular complexity index is 1020. The lowest BCUT2D eigenvalue weighted by Crippen LogP contribution is -2.14. The summed E-state index contributed by atoms with van der Waals surface area (Å²) in [5.41, 5.74) is 3.59. The largest absolute Gasteiger partial charge is 0.284 e. The smallest absolute Gasteiger partial charge is 0.277 e. The molecule has 0 aliphatic carbocycles. The number of para-hydroxylation sites is 1. The van der Waals surface area contributed by atoms with E-state index in [1.54, 1.807) is 11.3 Å². The summed E-state index contributed by atoms with van der Waals surface area (Å²) < 4.78 is 3.22. The first-order valence-electron chi connectivity index (χ1n) is 6.72. The zero-order valence-electron chi connectivity index (χ0n) is 11.4. The van der Waals surface area contributed by atoms with Crippen molar-refractivity contribution < 1.29 is 0 Å². The van der Waals surface area contributed by atoms with Crippen LogP contribution in [0.3, 0.4) is 0 Å². The summed E-state index contributed by atoms with van der Waals surface area (Å²) in [7, 11) is 0. The summed E-state index contributed by atoms with van der Waals surface area (Å²) >= 11 is 1.55. The molecule has 0 N–H and O–H groups in total. The van der Waals surface area contributed by atoms with E-state index < -0.39 is 0 Å². The molecule has 0 fully saturated rings. The van der Waals surface area contributed by atoms with Crippen LogP contribution in [0.15, 0.2) is 59.4 Å². The van der Waals surface area contributed by atoms with E-state index in [1.165, 1.54) is 0 Å². The molecule has 0 bridgehead atoms. The summed E-state index contributed by atoms with van der Waals surface area (Å²) in [6, 6.07) is 18.1. The van der Waals surface area contributed by atoms with E-state index in [4.69, 9.17) is 0 Å². The summed E-state index contributed by atoms with van der Waals surface area (Å²) in [6.45, 7) is 1.84. The van der Waals surface area contributed by atoms with Crippen LogP contribution in [0.1, 0.15) is 5.56 Å². The molecule has 0 amide bonds. The van der Waals surface area contributed by atoms with Crippen molar-refractivity contribution in [2.45, 2.75) is 6.92 Å². The van der Waals surface area contributed by atoms with Gasteiger partial charge in [-0.2, -0.15) is 4.98 Å². The predicted molar refractivity (Wildman–Crippen MR) is 87.0 cm³/mol. The highest BCUT2D eigenvalue weighted by atomic mass is 32.1. The van der Waals surface area contributed by atoms with Crippen molar-refractivity contribution in [2.24, 2.45) is 0 Å². The van der Waals surface area contributed by atoms with Gasteiger partial charge in [-0.3, -0.25) is 9.20 Å². The molecule has 0 aliphatic rings. The molecule has 4 rings (SSSR count). The minimum absolute atomic E-state index is 0.152. The molecule has 0 atom stereocenters. The third-order valence-corrected chi connectivity index (χ3v) is 4.66. The Morgan fingerprint density at radius 3 is 2.52 bits per heavy atom. The topological polar surface area (TPSA) is 34.4 Å². The maximum Gasteiger partial charge on any atom is 0.277 e. The van der Waals surface area contributed by atoms with Gasteiger partial charge in [-0.1, -0.05) is 53.8 Å². The van der Waals surface area contributed by atoms with Gasteiger partial charge in [0.25, 0.3) is 5.56 Å². The van der Waals surface area contributed by atoms with Crippen LogP contribution in [0.4, 0.5) is 0 Å². The highest BCUT2D eigenvalue weighted by Crippen LogP contribution is 2.30. The maximum atomic E-state index is 12.2. The molecular formula is C17H12N2OS. The van der Waals surface area contributed by atoms with E-state index in [9.17, 15) is 4.79 Å². The molecular weight excluding hydrogens is 280 g/mol. The van der Waals surface area contributed by atoms with Gasteiger partial charge in [-0.05, 0) is 24.6 Å². The van der Waals surface area contributed by atoms with Crippen LogP contribution in [-0.2, 0) is 0 Å². The Labute approximate surface area is 125 Å². The van der Waals surface area contributed by atoms with Crippen molar-refractivity contribution in [3.05, 3.63) is 70.5 Å². The number of hydrogen-bond donors (Lipinski definition) is 0. The molecule has 2 aromatic heterocycles. The molecule has 0 unspecified atom stereocenters. The van der Waals surface area contributed by atoms with Gasteiger partial charge in [0.1, 0.15) is 0 Å². The lowest BCUT2D eigenvalue weighted by molar-refractivity contribution is 1.10. The van der Waals surface area contributed by atoms with Gasteiger partial charge in [-0.15, -0.1) is 0 Å². The summed E-state index contributed by atoms with van der Waals surface area (Å²) in [5.74, 6) is 0. The molecule has 0 saturated carbocycles. The number of thiazole rings is 1. The number of fused-ring (bicyclic) bond motifs is 3. The predicted octanol–water partition coefficient (Wildman–Crippen LogP) is 3.88. The highest BCUT2D eigenvalue weighted by molar-refractivity contribution is 7.23. The quantitative estimate of drug-likeness (QED) is 0.533. The van der Waals surface area contributed by atoms with Crippen LogP contribution < -0.4 is 5.56 Å². The number of nitrogens with zero attached hydrogens (tertiary/aromatic N) is 2. The van der Waals surface area contributed by atoms with Crippen molar-refractivity contribution >= 4 is 26.5 Å². The summed E-state index contributed by atoms with van der Waals surface area (Å²) in [4.78, 5) is 17.2. The van der Waals surface area contributed by atoms with Crippen molar-refractivity contribution in [3.8, 4) is 11.3 Å². The number of hydrogen-bond acceptors (Lipinski definition) is 3. The van der Waals surface area contributed by atoms with Crippen LogP contribution in [0, 0.1) is 6.92 Å². The molecule has 0 radical (unpaired) electrons. The second kappa shape index (κ2) is 4.53. The molecule has 4 heteroatoms. The van der Waals surface area contributed by atoms with Crippen molar-refractivity contribution in [2.75, 3.05) is 0 Å². The van der Waals surface area contributed by atoms with Crippen molar-refractivity contribution in [3.63, 3.8) is 0 Å². The van der Waals surface area contributed by atoms with E-state index in [2.05, 4.69) is 21.5 Å². The molecule has 3 nitrogen and oxygen atoms in total. The Kier molecular flexibility index (Phi) is 2.65. The van der Waals surface area contributed by atoms with Crippen LogP contribution in [0.5, 0.6) is 0 Å². The summed E-state index contributed by atoms with van der Waals surface area (Å²) in [5, 5.41) is 0. The van der Waals surface area contributed by atoms with Gasteiger partial charge in [0.05, 0.1) is 15.9 Å². The van der Waals surface area contributed by atoms with Crippen molar-refractivity contribution in [1.82, 2.24) is 9.38 Å². The average Bonchev–Trinajstić information content (AvgIpc) is 2.87. The van der Waals surface area contributed by atoms with Crippen LogP contribution in [-0.4, -0.2) is 9.38 Å². The number of rotatable bonds is 1. The second-order valence-corrected chi connectivity index (χ2v) is 5.95. The van der Waals surface area contributed by atoms with Gasteiger partial charge in [0, 0.05) is 5.56 Å². The molecule has 4 aromatic rings. The normalized spacial score (nSPS) is 11.3. The fourth-order valence-corrected chi connectivity index (χ4v) is 3.66. The molecule has 0 aliphatic heterocycles. The first kappa shape index (κ1) is 12.3. The van der Waals surface area contributed by atoms with Gasteiger partial charge < -0.3 is 0 Å². The molecule has 102 valence electrons. The van der Waals surface area contributed by atoms with Crippen molar-refractivity contribution in [1.29, 1.82) is 0 Å². The molecule has 2 heterocycles. The Hall–Kier alpha value is -2.46. The van der Waals surface area contributed by atoms with E-state index in [-0.39, 0.29) is 5.56 Å². The van der Waals surface area contributed by atoms with Gasteiger partial charge in [0.2, 0.25) is 0 Å². The Morgan fingerprint density at radius 2 is 1.71 bits per heavy atom. The average molecular weight is 292 g/mol. The van der Waals surface area contributed by atoms with E-state index in [1.807, 2.05) is 49.4 Å². The fraction of sp³-hybridized carbons (Fsp3) is 0.0588. The van der Waals surface area contributed by atoms with Crippen LogP contribution in [0.2, 0.25) is 0 Å². The number of aromatic nitrogens is 2. The minimum atomic E-state index is -0.152. The second-order valence-electron chi connectivity index (χ2n) is 4.94. The standard InChI is InChI=1S/C17H12N2OS/c1-11-15(12-7-3-2-4-8-12)19-13-9-5-6-10-14(13)21-17(19)18-16(11)20/h2-10H,1H3. The van der Waals surface area contributed by atoms with Gasteiger partial charge in [0.15, 0.2) is 4.96 Å². The fourth-order valence-electron chi connectivity index (χ4n) is 2.65. The Morgan fingerprint density at radius 1 is 1.00 bits per heavy atom. The first-order chi connectivity index (χ1) is 10.3. The Balaban J connectivity index is 2.27. The van der Waals surface area contributed by atoms with Crippen LogP contribution >= 0.6 is 11.3 Å². The monoisotopic (exact) mass is 292 g/mol. The minimum Gasteiger partial charge on any atom is -0.284 e. The van der Waals surface area contributed by atoms with Gasteiger partial charge >= 0.3 is 0 Å². The molecule has 0 saturated heterocycles. The lowest BCUT2D eigenvalue weighted by atomic mass is 10.1. The lowest BCUT2D eigenvalue weighted by Gasteiger charge is -2.09. The van der Waals surface area contributed by atoms with Crippen LogP contribution in [0.25, 0.3) is 26.4 Å². The zero-order chi connectivity index (χ0) is 14.4. The first-order valence-corrected chi connectivity index (χ1v) is 7.53. The SMILES string of the molecule is Cc1c(-c2ccccc2)n2c(nc1=O)sc1ccccc12. The zero-order valence-corrected chi connectivity index (χ0v) is 12.2. The molecule has 2 aromatic carbocycles. The number of benzene rings is 2. The maximum absolute atomic E-state index is 12.2.